The molecule has 0 spiro atoms. The van der Waals surface area contributed by atoms with Crippen LogP contribution in [0.4, 0.5) is 14.9 Å². The molecule has 0 radical (unpaired) electrons. The lowest BCUT2D eigenvalue weighted by Crippen LogP contribution is -2.40. The van der Waals surface area contributed by atoms with E-state index in [2.05, 4.69) is 21.2 Å². The summed E-state index contributed by atoms with van der Waals surface area (Å²) in [6, 6.07) is 1.77. The van der Waals surface area contributed by atoms with Crippen molar-refractivity contribution >= 4 is 33.6 Å². The second-order valence-corrected chi connectivity index (χ2v) is 6.40. The summed E-state index contributed by atoms with van der Waals surface area (Å²) in [5.41, 5.74) is 0.889. The smallest absolute Gasteiger partial charge is 0.329 e. The molecule has 0 saturated carbocycles. The van der Waals surface area contributed by atoms with Crippen LogP contribution in [-0.4, -0.2) is 31.2 Å². The fraction of sp³-hybridized carbons (Fsp3) is 0.467. The van der Waals surface area contributed by atoms with Crippen LogP contribution < -0.4 is 10.2 Å². The number of imide groups is 1. The molecule has 1 aromatic rings. The second kappa shape index (κ2) is 5.96. The van der Waals surface area contributed by atoms with Gasteiger partial charge in [0.15, 0.2) is 0 Å². The van der Waals surface area contributed by atoms with E-state index in [1.54, 1.807) is 13.0 Å². The first-order chi connectivity index (χ1) is 10.5. The van der Waals surface area contributed by atoms with Gasteiger partial charge in [0.1, 0.15) is 11.9 Å². The number of nitrogens with one attached hydrogen (secondary N) is 1. The predicted octanol–water partition coefficient (Wildman–Crippen LogP) is 2.75. The Bertz CT molecular complexity index is 608. The van der Waals surface area contributed by atoms with E-state index in [0.29, 0.717) is 23.2 Å². The lowest BCUT2D eigenvalue weighted by atomic mass is 9.92. The highest BCUT2D eigenvalue weighted by atomic mass is 79.9. The zero-order chi connectivity index (χ0) is 15.9. The molecule has 2 heterocycles. The van der Waals surface area contributed by atoms with Crippen LogP contribution in [0, 0.1) is 18.7 Å². The van der Waals surface area contributed by atoms with Crippen molar-refractivity contribution in [2.75, 3.05) is 18.1 Å². The van der Waals surface area contributed by atoms with Gasteiger partial charge in [0, 0.05) is 13.2 Å². The fourth-order valence-electron chi connectivity index (χ4n) is 2.95. The number of carbonyl (C=O) groups is 2. The number of rotatable bonds is 2. The van der Waals surface area contributed by atoms with Crippen molar-refractivity contribution in [3.05, 3.63) is 28.0 Å². The third-order valence-electron chi connectivity index (χ3n) is 4.16. The molecular weight excluding hydrogens is 355 g/mol. The Morgan fingerprint density at radius 1 is 1.32 bits per heavy atom. The molecule has 0 bridgehead atoms. The van der Waals surface area contributed by atoms with Gasteiger partial charge in [-0.2, -0.15) is 0 Å². The lowest BCUT2D eigenvalue weighted by Gasteiger charge is -2.25. The van der Waals surface area contributed by atoms with Crippen LogP contribution in [-0.2, 0) is 9.53 Å². The molecule has 5 nitrogen and oxygen atoms in total. The monoisotopic (exact) mass is 370 g/mol. The van der Waals surface area contributed by atoms with Gasteiger partial charge < -0.3 is 10.1 Å². The van der Waals surface area contributed by atoms with E-state index >= 15 is 0 Å². The lowest BCUT2D eigenvalue weighted by molar-refractivity contribution is -0.120. The fourth-order valence-corrected chi connectivity index (χ4v) is 3.18. The van der Waals surface area contributed by atoms with Crippen LogP contribution in [0.1, 0.15) is 18.4 Å². The van der Waals surface area contributed by atoms with Gasteiger partial charge >= 0.3 is 6.03 Å². The first-order valence-corrected chi connectivity index (χ1v) is 7.96. The first kappa shape index (κ1) is 15.4. The number of halogens is 2. The van der Waals surface area contributed by atoms with Crippen LogP contribution in [0.25, 0.3) is 0 Å². The Kier molecular flexibility index (Phi) is 4.18. The molecule has 1 atom stereocenters. The third kappa shape index (κ3) is 2.63. The van der Waals surface area contributed by atoms with E-state index in [1.165, 1.54) is 6.07 Å². The largest absolute Gasteiger partial charge is 0.381 e. The average molecular weight is 371 g/mol. The average Bonchev–Trinajstić information content (AvgIpc) is 2.80. The van der Waals surface area contributed by atoms with Gasteiger partial charge in [-0.1, -0.05) is 0 Å². The maximum Gasteiger partial charge on any atom is 0.329 e. The number of ether oxygens (including phenoxy) is 1. The molecule has 1 unspecified atom stereocenters. The van der Waals surface area contributed by atoms with Crippen LogP contribution in [0.15, 0.2) is 16.6 Å². The molecule has 0 aromatic heterocycles. The summed E-state index contributed by atoms with van der Waals surface area (Å²) in [6.07, 6.45) is 1.47. The SMILES string of the molecule is Cc1cc(N2C(=O)NC(C3CCOCC3)C2=O)cc(F)c1Br. The predicted molar refractivity (Wildman–Crippen MR) is 82.2 cm³/mol. The van der Waals surface area contributed by atoms with E-state index in [9.17, 15) is 14.0 Å². The summed E-state index contributed by atoms with van der Waals surface area (Å²) >= 11 is 3.13. The maximum atomic E-state index is 13.9. The van der Waals surface area contributed by atoms with Crippen molar-refractivity contribution < 1.29 is 18.7 Å². The van der Waals surface area contributed by atoms with Gasteiger partial charge in [0.05, 0.1) is 10.2 Å². The maximum absolute atomic E-state index is 13.9. The minimum atomic E-state index is -0.552. The summed E-state index contributed by atoms with van der Waals surface area (Å²) < 4.78 is 19.5. The van der Waals surface area contributed by atoms with Gasteiger partial charge in [0.25, 0.3) is 5.91 Å². The molecule has 118 valence electrons. The third-order valence-corrected chi connectivity index (χ3v) is 5.16. The zero-order valence-corrected chi connectivity index (χ0v) is 13.7. The van der Waals surface area contributed by atoms with Crippen molar-refractivity contribution in [3.8, 4) is 0 Å². The summed E-state index contributed by atoms with van der Waals surface area (Å²) in [7, 11) is 0. The molecule has 2 saturated heterocycles. The Labute approximate surface area is 135 Å². The number of benzene rings is 1. The standard InChI is InChI=1S/C15H16BrFN2O3/c1-8-6-10(7-11(17)12(8)16)19-14(20)13(18-15(19)21)9-2-4-22-5-3-9/h6-7,9,13H,2-5H2,1H3,(H,18,21). The number of urea groups is 1. The Morgan fingerprint density at radius 3 is 2.64 bits per heavy atom. The van der Waals surface area contributed by atoms with Crippen LogP contribution in [0.2, 0.25) is 0 Å². The summed E-state index contributed by atoms with van der Waals surface area (Å²) in [6.45, 7) is 2.90. The first-order valence-electron chi connectivity index (χ1n) is 7.17. The molecule has 7 heteroatoms. The number of anilines is 1. The quantitative estimate of drug-likeness (QED) is 0.814. The minimum Gasteiger partial charge on any atom is -0.381 e. The zero-order valence-electron chi connectivity index (χ0n) is 12.1. The van der Waals surface area contributed by atoms with Gasteiger partial charge in [-0.25, -0.2) is 14.1 Å². The van der Waals surface area contributed by atoms with Gasteiger partial charge in [-0.15, -0.1) is 0 Å². The number of nitrogens with zero attached hydrogens (tertiary/aromatic N) is 1. The van der Waals surface area contributed by atoms with Crippen molar-refractivity contribution in [2.45, 2.75) is 25.8 Å². The molecule has 22 heavy (non-hydrogen) atoms. The van der Waals surface area contributed by atoms with Gasteiger partial charge in [-0.05, 0) is 59.3 Å². The van der Waals surface area contributed by atoms with Gasteiger partial charge in [0.2, 0.25) is 0 Å². The van der Waals surface area contributed by atoms with Crippen molar-refractivity contribution in [3.63, 3.8) is 0 Å². The molecular formula is C15H16BrFN2O3. The molecule has 2 fully saturated rings. The number of carbonyl (C=O) groups excluding carboxylic acids is 2. The molecule has 1 aromatic carbocycles. The molecule has 1 N–H and O–H groups in total. The number of aryl methyl sites for hydroxylation is 1. The molecule has 0 aliphatic carbocycles. The van der Waals surface area contributed by atoms with Crippen LogP contribution in [0.3, 0.4) is 0 Å². The highest BCUT2D eigenvalue weighted by Crippen LogP contribution is 2.31. The summed E-state index contributed by atoms with van der Waals surface area (Å²) in [4.78, 5) is 25.8. The highest BCUT2D eigenvalue weighted by molar-refractivity contribution is 9.10. The minimum absolute atomic E-state index is 0.0663. The van der Waals surface area contributed by atoms with Gasteiger partial charge in [-0.3, -0.25) is 4.79 Å². The number of amides is 3. The Morgan fingerprint density at radius 2 is 2.00 bits per heavy atom. The number of hydrogen-bond acceptors (Lipinski definition) is 3. The Hall–Kier alpha value is -1.47. The van der Waals surface area contributed by atoms with E-state index in [4.69, 9.17) is 4.74 Å². The normalized spacial score (nSPS) is 23.0. The van der Waals surface area contributed by atoms with E-state index < -0.39 is 17.9 Å². The second-order valence-electron chi connectivity index (χ2n) is 5.61. The molecule has 2 aliphatic rings. The van der Waals surface area contributed by atoms with Crippen molar-refractivity contribution in [1.29, 1.82) is 0 Å². The summed E-state index contributed by atoms with van der Waals surface area (Å²) in [5, 5.41) is 2.72. The number of hydrogen-bond donors (Lipinski definition) is 1. The van der Waals surface area contributed by atoms with Crippen molar-refractivity contribution in [2.24, 2.45) is 5.92 Å². The topological polar surface area (TPSA) is 58.6 Å². The molecule has 3 amide bonds. The highest BCUT2D eigenvalue weighted by Gasteiger charge is 2.43. The summed E-state index contributed by atoms with van der Waals surface area (Å²) in [5.74, 6) is -0.750. The van der Waals surface area contributed by atoms with E-state index in [-0.39, 0.29) is 17.5 Å². The van der Waals surface area contributed by atoms with E-state index in [1.807, 2.05) is 0 Å². The van der Waals surface area contributed by atoms with Crippen LogP contribution in [0.5, 0.6) is 0 Å². The van der Waals surface area contributed by atoms with Crippen LogP contribution >= 0.6 is 15.9 Å². The molecule has 3 rings (SSSR count). The molecule has 2 aliphatic heterocycles. The van der Waals surface area contributed by atoms with E-state index in [0.717, 1.165) is 17.7 Å². The Balaban J connectivity index is 1.88. The van der Waals surface area contributed by atoms with Crippen molar-refractivity contribution in [1.82, 2.24) is 5.32 Å².